The Kier molecular flexibility index (Phi) is 4.52. The van der Waals surface area contributed by atoms with Gasteiger partial charge in [0.25, 0.3) is 0 Å². The summed E-state index contributed by atoms with van der Waals surface area (Å²) in [4.78, 5) is 28.6. The molecule has 1 atom stereocenters. The molecule has 20 heavy (non-hydrogen) atoms. The summed E-state index contributed by atoms with van der Waals surface area (Å²) in [5, 5.41) is 14.3. The SMILES string of the molecule is CN1CCCC(NC(=O)Nc2cncc(C(=O)O)c2)C1. The lowest BCUT2D eigenvalue weighted by Gasteiger charge is -2.30. The van der Waals surface area contributed by atoms with Crippen molar-refractivity contribution in [3.8, 4) is 0 Å². The molecule has 3 N–H and O–H groups in total. The topological polar surface area (TPSA) is 94.6 Å². The number of piperidine rings is 1. The molecule has 0 radical (unpaired) electrons. The highest BCUT2D eigenvalue weighted by molar-refractivity contribution is 5.92. The van der Waals surface area contributed by atoms with Gasteiger partial charge in [0.2, 0.25) is 0 Å². The summed E-state index contributed by atoms with van der Waals surface area (Å²) < 4.78 is 0. The molecular formula is C13H18N4O3. The number of carbonyl (C=O) groups excluding carboxylic acids is 1. The Morgan fingerprint density at radius 1 is 1.45 bits per heavy atom. The number of nitrogens with one attached hydrogen (secondary N) is 2. The van der Waals surface area contributed by atoms with Crippen molar-refractivity contribution in [2.24, 2.45) is 0 Å². The molecule has 1 unspecified atom stereocenters. The third-order valence-corrected chi connectivity index (χ3v) is 3.20. The zero-order chi connectivity index (χ0) is 14.5. The summed E-state index contributed by atoms with van der Waals surface area (Å²) >= 11 is 0. The number of pyridine rings is 1. The van der Waals surface area contributed by atoms with E-state index in [-0.39, 0.29) is 17.6 Å². The first-order chi connectivity index (χ1) is 9.54. The molecule has 1 saturated heterocycles. The van der Waals surface area contributed by atoms with Crippen LogP contribution in [-0.4, -0.2) is 53.2 Å². The largest absolute Gasteiger partial charge is 0.478 e. The van der Waals surface area contributed by atoms with Gasteiger partial charge in [-0.3, -0.25) is 4.98 Å². The van der Waals surface area contributed by atoms with Crippen LogP contribution in [0, 0.1) is 0 Å². The molecule has 1 aromatic heterocycles. The summed E-state index contributed by atoms with van der Waals surface area (Å²) in [7, 11) is 2.02. The van der Waals surface area contributed by atoms with Gasteiger partial charge in [-0.15, -0.1) is 0 Å². The second-order valence-corrected chi connectivity index (χ2v) is 4.97. The van der Waals surface area contributed by atoms with Crippen LogP contribution in [0.25, 0.3) is 0 Å². The molecule has 0 bridgehead atoms. The first-order valence-corrected chi connectivity index (χ1v) is 6.49. The quantitative estimate of drug-likeness (QED) is 0.766. The van der Waals surface area contributed by atoms with E-state index in [1.54, 1.807) is 0 Å². The van der Waals surface area contributed by atoms with Crippen LogP contribution < -0.4 is 10.6 Å². The van der Waals surface area contributed by atoms with E-state index in [1.807, 2.05) is 7.05 Å². The molecule has 7 heteroatoms. The summed E-state index contributed by atoms with van der Waals surface area (Å²) in [5.74, 6) is -1.07. The van der Waals surface area contributed by atoms with Gasteiger partial charge in [0, 0.05) is 18.8 Å². The molecule has 108 valence electrons. The number of aromatic carboxylic acids is 1. The number of anilines is 1. The number of carboxylic acids is 1. The third-order valence-electron chi connectivity index (χ3n) is 3.20. The van der Waals surface area contributed by atoms with E-state index < -0.39 is 5.97 Å². The smallest absolute Gasteiger partial charge is 0.337 e. The molecule has 0 spiro atoms. The maximum Gasteiger partial charge on any atom is 0.337 e. The van der Waals surface area contributed by atoms with Crippen LogP contribution in [0.15, 0.2) is 18.5 Å². The van der Waals surface area contributed by atoms with Crippen molar-refractivity contribution in [3.05, 3.63) is 24.0 Å². The van der Waals surface area contributed by atoms with Crippen LogP contribution >= 0.6 is 0 Å². The van der Waals surface area contributed by atoms with Crippen molar-refractivity contribution in [2.45, 2.75) is 18.9 Å². The van der Waals surface area contributed by atoms with Gasteiger partial charge in [0.05, 0.1) is 17.4 Å². The van der Waals surface area contributed by atoms with Crippen LogP contribution in [0.5, 0.6) is 0 Å². The molecular weight excluding hydrogens is 260 g/mol. The van der Waals surface area contributed by atoms with Crippen molar-refractivity contribution < 1.29 is 14.7 Å². The second-order valence-electron chi connectivity index (χ2n) is 4.97. The van der Waals surface area contributed by atoms with Crippen molar-refractivity contribution in [1.82, 2.24) is 15.2 Å². The normalized spacial score (nSPS) is 19.4. The molecule has 1 fully saturated rings. The van der Waals surface area contributed by atoms with Crippen molar-refractivity contribution >= 4 is 17.7 Å². The van der Waals surface area contributed by atoms with E-state index in [2.05, 4.69) is 20.5 Å². The lowest BCUT2D eigenvalue weighted by Crippen LogP contribution is -2.47. The maximum absolute atomic E-state index is 11.9. The minimum absolute atomic E-state index is 0.0419. The van der Waals surface area contributed by atoms with Crippen molar-refractivity contribution in [1.29, 1.82) is 0 Å². The maximum atomic E-state index is 11.9. The Hall–Kier alpha value is -2.15. The predicted molar refractivity (Wildman–Crippen MR) is 73.9 cm³/mol. The van der Waals surface area contributed by atoms with Crippen molar-refractivity contribution in [2.75, 3.05) is 25.5 Å². The van der Waals surface area contributed by atoms with Crippen LogP contribution in [0.2, 0.25) is 0 Å². The zero-order valence-electron chi connectivity index (χ0n) is 11.3. The third kappa shape index (κ3) is 3.92. The Labute approximate surface area is 117 Å². The number of hydrogen-bond acceptors (Lipinski definition) is 4. The fourth-order valence-corrected chi connectivity index (χ4v) is 2.26. The number of carbonyl (C=O) groups is 2. The number of aromatic nitrogens is 1. The molecule has 1 aliphatic rings. The van der Waals surface area contributed by atoms with Gasteiger partial charge in [0.1, 0.15) is 0 Å². The fourth-order valence-electron chi connectivity index (χ4n) is 2.26. The molecule has 2 heterocycles. The Morgan fingerprint density at radius 3 is 2.95 bits per heavy atom. The number of likely N-dealkylation sites (tertiary alicyclic amines) is 1. The minimum atomic E-state index is -1.07. The standard InChI is InChI=1S/C13H18N4O3/c1-17-4-2-3-10(8-17)15-13(20)16-11-5-9(12(18)19)6-14-7-11/h5-7,10H,2-4,8H2,1H3,(H,18,19)(H2,15,16,20). The molecule has 2 rings (SSSR count). The molecule has 1 aromatic rings. The summed E-state index contributed by atoms with van der Waals surface area (Å²) in [6.07, 6.45) is 4.66. The van der Waals surface area contributed by atoms with E-state index in [0.29, 0.717) is 5.69 Å². The highest BCUT2D eigenvalue weighted by atomic mass is 16.4. The molecule has 2 amide bonds. The number of carboxylic acid groups (broad SMARTS) is 1. The summed E-state index contributed by atoms with van der Waals surface area (Å²) in [5.41, 5.74) is 0.409. The van der Waals surface area contributed by atoms with Gasteiger partial charge in [-0.05, 0) is 32.5 Å². The first kappa shape index (κ1) is 14.3. The lowest BCUT2D eigenvalue weighted by molar-refractivity contribution is 0.0696. The van der Waals surface area contributed by atoms with Crippen LogP contribution in [0.3, 0.4) is 0 Å². The molecule has 0 aliphatic carbocycles. The van der Waals surface area contributed by atoms with Gasteiger partial charge in [-0.25, -0.2) is 9.59 Å². The number of amides is 2. The van der Waals surface area contributed by atoms with Gasteiger partial charge >= 0.3 is 12.0 Å². The van der Waals surface area contributed by atoms with E-state index in [0.717, 1.165) is 25.9 Å². The second kappa shape index (κ2) is 6.33. The number of nitrogens with zero attached hydrogens (tertiary/aromatic N) is 2. The average Bonchev–Trinajstić information content (AvgIpc) is 2.38. The highest BCUT2D eigenvalue weighted by Crippen LogP contribution is 2.10. The Morgan fingerprint density at radius 2 is 2.25 bits per heavy atom. The zero-order valence-corrected chi connectivity index (χ0v) is 11.3. The number of likely N-dealkylation sites (N-methyl/N-ethyl adjacent to an activating group) is 1. The minimum Gasteiger partial charge on any atom is -0.478 e. The average molecular weight is 278 g/mol. The molecule has 0 saturated carbocycles. The van der Waals surface area contributed by atoms with Crippen LogP contribution in [0.4, 0.5) is 10.5 Å². The van der Waals surface area contributed by atoms with Gasteiger partial charge in [-0.2, -0.15) is 0 Å². The van der Waals surface area contributed by atoms with E-state index in [9.17, 15) is 9.59 Å². The number of rotatable bonds is 3. The molecule has 1 aliphatic heterocycles. The Balaban J connectivity index is 1.91. The number of urea groups is 1. The van der Waals surface area contributed by atoms with Gasteiger partial charge in [0.15, 0.2) is 0 Å². The fraction of sp³-hybridized carbons (Fsp3) is 0.462. The monoisotopic (exact) mass is 278 g/mol. The van der Waals surface area contributed by atoms with Crippen LogP contribution in [0.1, 0.15) is 23.2 Å². The van der Waals surface area contributed by atoms with E-state index >= 15 is 0 Å². The highest BCUT2D eigenvalue weighted by Gasteiger charge is 2.19. The summed E-state index contributed by atoms with van der Waals surface area (Å²) in [6.45, 7) is 1.87. The lowest BCUT2D eigenvalue weighted by atomic mass is 10.1. The van der Waals surface area contributed by atoms with E-state index in [1.165, 1.54) is 18.5 Å². The molecule has 7 nitrogen and oxygen atoms in total. The predicted octanol–water partition coefficient (Wildman–Crippen LogP) is 0.995. The molecule has 0 aromatic carbocycles. The van der Waals surface area contributed by atoms with Gasteiger partial charge in [-0.1, -0.05) is 0 Å². The number of hydrogen-bond donors (Lipinski definition) is 3. The van der Waals surface area contributed by atoms with Crippen molar-refractivity contribution in [3.63, 3.8) is 0 Å². The van der Waals surface area contributed by atoms with Gasteiger partial charge < -0.3 is 20.6 Å². The van der Waals surface area contributed by atoms with E-state index in [4.69, 9.17) is 5.11 Å². The van der Waals surface area contributed by atoms with Crippen LogP contribution in [-0.2, 0) is 0 Å². The first-order valence-electron chi connectivity index (χ1n) is 6.49. The Bertz CT molecular complexity index is 506. The summed E-state index contributed by atoms with van der Waals surface area (Å²) in [6, 6.07) is 1.15.